The molecule has 1 amide bonds. The number of ether oxygens (including phenoxy) is 2. The number of hydrogen-bond donors (Lipinski definition) is 2. The van der Waals surface area contributed by atoms with Crippen molar-refractivity contribution in [2.75, 3.05) is 33.1 Å². The molecule has 0 aliphatic rings. The summed E-state index contributed by atoms with van der Waals surface area (Å²) in [6.07, 6.45) is 1.22. The molecule has 1 rings (SSSR count). The topological polar surface area (TPSA) is 95.6 Å². The highest BCUT2D eigenvalue weighted by molar-refractivity contribution is 5.75. The van der Waals surface area contributed by atoms with Crippen molar-refractivity contribution < 1.29 is 14.3 Å². The summed E-state index contributed by atoms with van der Waals surface area (Å²) in [5.41, 5.74) is 5.72. The highest BCUT2D eigenvalue weighted by atomic mass is 16.5. The van der Waals surface area contributed by atoms with Gasteiger partial charge in [-0.25, -0.2) is 0 Å². The minimum atomic E-state index is -0.286. The average Bonchev–Trinajstić information content (AvgIpc) is 2.39. The molecule has 0 aromatic carbocycles. The highest BCUT2D eigenvalue weighted by Crippen LogP contribution is 1.95. The minimum absolute atomic E-state index is 0.0761. The lowest BCUT2D eigenvalue weighted by atomic mass is 10.3. The van der Waals surface area contributed by atoms with Gasteiger partial charge in [0.1, 0.15) is 6.54 Å². The van der Waals surface area contributed by atoms with Gasteiger partial charge >= 0.3 is 0 Å². The molecule has 0 fully saturated rings. The quantitative estimate of drug-likeness (QED) is 0.676. The van der Waals surface area contributed by atoms with Crippen molar-refractivity contribution in [2.45, 2.75) is 12.6 Å². The predicted molar refractivity (Wildman–Crippen MR) is 70.8 cm³/mol. The molecule has 0 aliphatic heterocycles. The molecule has 1 atom stereocenters. The second-order valence-corrected chi connectivity index (χ2v) is 4.05. The van der Waals surface area contributed by atoms with Gasteiger partial charge in [-0.2, -0.15) is 0 Å². The van der Waals surface area contributed by atoms with Gasteiger partial charge in [0.15, 0.2) is 0 Å². The molecular weight excluding hydrogens is 250 g/mol. The van der Waals surface area contributed by atoms with Gasteiger partial charge in [-0.15, -0.1) is 0 Å². The van der Waals surface area contributed by atoms with E-state index >= 15 is 0 Å². The van der Waals surface area contributed by atoms with Crippen molar-refractivity contribution in [3.05, 3.63) is 28.7 Å². The van der Waals surface area contributed by atoms with E-state index in [4.69, 9.17) is 15.2 Å². The summed E-state index contributed by atoms with van der Waals surface area (Å²) >= 11 is 0. The number of nitrogens with zero attached hydrogens (tertiary/aromatic N) is 1. The van der Waals surface area contributed by atoms with E-state index in [0.717, 1.165) is 0 Å². The number of nitrogens with one attached hydrogen (secondary N) is 1. The number of nitrogens with two attached hydrogens (primary N) is 1. The molecule has 0 bridgehead atoms. The molecule has 19 heavy (non-hydrogen) atoms. The first kappa shape index (κ1) is 15.2. The average molecular weight is 269 g/mol. The van der Waals surface area contributed by atoms with Crippen LogP contribution in [0.5, 0.6) is 0 Å². The summed E-state index contributed by atoms with van der Waals surface area (Å²) in [6, 6.07) is 2.82. The molecule has 0 saturated heterocycles. The van der Waals surface area contributed by atoms with E-state index < -0.39 is 0 Å². The van der Waals surface area contributed by atoms with Crippen LogP contribution in [0.1, 0.15) is 0 Å². The summed E-state index contributed by atoms with van der Waals surface area (Å²) < 4.78 is 11.3. The van der Waals surface area contributed by atoms with Crippen LogP contribution in [0.2, 0.25) is 0 Å². The molecule has 3 N–H and O–H groups in total. The third-order valence-corrected chi connectivity index (χ3v) is 2.53. The Morgan fingerprint density at radius 1 is 1.47 bits per heavy atom. The van der Waals surface area contributed by atoms with Crippen LogP contribution in [0.25, 0.3) is 0 Å². The molecule has 0 radical (unpaired) electrons. The van der Waals surface area contributed by atoms with Crippen molar-refractivity contribution in [3.63, 3.8) is 0 Å². The summed E-state index contributed by atoms with van der Waals surface area (Å²) in [5.74, 6) is -0.286. The van der Waals surface area contributed by atoms with E-state index in [9.17, 15) is 9.59 Å². The van der Waals surface area contributed by atoms with Crippen LogP contribution in [-0.2, 0) is 20.8 Å². The van der Waals surface area contributed by atoms with Gasteiger partial charge in [-0.05, 0) is 6.07 Å². The third kappa shape index (κ3) is 5.11. The van der Waals surface area contributed by atoms with Crippen molar-refractivity contribution in [3.8, 4) is 0 Å². The van der Waals surface area contributed by atoms with Crippen molar-refractivity contribution in [2.24, 2.45) is 0 Å². The van der Waals surface area contributed by atoms with Crippen LogP contribution in [-0.4, -0.2) is 43.9 Å². The van der Waals surface area contributed by atoms with E-state index in [2.05, 4.69) is 5.32 Å². The van der Waals surface area contributed by atoms with Crippen molar-refractivity contribution in [1.29, 1.82) is 0 Å². The summed E-state index contributed by atoms with van der Waals surface area (Å²) in [7, 11) is 3.10. The molecule has 106 valence electrons. The number of aromatic nitrogens is 1. The maximum absolute atomic E-state index is 11.7. The number of anilines is 1. The maximum atomic E-state index is 11.7. The van der Waals surface area contributed by atoms with E-state index in [-0.39, 0.29) is 24.1 Å². The zero-order valence-corrected chi connectivity index (χ0v) is 11.1. The molecule has 0 saturated carbocycles. The van der Waals surface area contributed by atoms with Gasteiger partial charge in [0.25, 0.3) is 5.56 Å². The summed E-state index contributed by atoms with van der Waals surface area (Å²) in [6.45, 7) is 0.628. The lowest BCUT2D eigenvalue weighted by Crippen LogP contribution is -2.38. The van der Waals surface area contributed by atoms with Crippen LogP contribution in [0.3, 0.4) is 0 Å². The van der Waals surface area contributed by atoms with Crippen LogP contribution in [0.4, 0.5) is 5.69 Å². The van der Waals surface area contributed by atoms with Crippen LogP contribution >= 0.6 is 0 Å². The number of methoxy groups -OCH3 is 2. The first-order valence-corrected chi connectivity index (χ1v) is 5.81. The molecule has 1 unspecified atom stereocenters. The molecule has 0 aliphatic carbocycles. The normalized spacial score (nSPS) is 12.1. The molecule has 1 heterocycles. The standard InChI is InChI=1S/C12H19N3O4/c1-18-8-10(19-2)5-14-11(16)7-15-6-9(13)3-4-12(15)17/h3-4,6,10H,5,7-8,13H2,1-2H3,(H,14,16). The Hall–Kier alpha value is -1.86. The first-order chi connectivity index (χ1) is 9.06. The second kappa shape index (κ2) is 7.55. The highest BCUT2D eigenvalue weighted by Gasteiger charge is 2.10. The van der Waals surface area contributed by atoms with E-state index in [0.29, 0.717) is 18.8 Å². The van der Waals surface area contributed by atoms with Crippen molar-refractivity contribution in [1.82, 2.24) is 9.88 Å². The van der Waals surface area contributed by atoms with Gasteiger partial charge in [0, 0.05) is 38.7 Å². The number of carbonyl (C=O) groups is 1. The molecule has 7 nitrogen and oxygen atoms in total. The largest absolute Gasteiger partial charge is 0.398 e. The first-order valence-electron chi connectivity index (χ1n) is 5.81. The Bertz CT molecular complexity index is 472. The maximum Gasteiger partial charge on any atom is 0.251 e. The van der Waals surface area contributed by atoms with Crippen LogP contribution in [0.15, 0.2) is 23.1 Å². The number of rotatable bonds is 7. The fourth-order valence-corrected chi connectivity index (χ4v) is 1.51. The van der Waals surface area contributed by atoms with Gasteiger partial charge in [0.2, 0.25) is 5.91 Å². The smallest absolute Gasteiger partial charge is 0.251 e. The summed E-state index contributed by atoms with van der Waals surface area (Å²) in [4.78, 5) is 23.2. The lowest BCUT2D eigenvalue weighted by Gasteiger charge is -2.15. The Morgan fingerprint density at radius 2 is 2.21 bits per heavy atom. The number of amides is 1. The molecule has 1 aromatic rings. The monoisotopic (exact) mass is 269 g/mol. The van der Waals surface area contributed by atoms with Gasteiger partial charge < -0.3 is 25.1 Å². The number of hydrogen-bond acceptors (Lipinski definition) is 5. The second-order valence-electron chi connectivity index (χ2n) is 4.05. The van der Waals surface area contributed by atoms with Gasteiger partial charge in [-0.1, -0.05) is 0 Å². The van der Waals surface area contributed by atoms with Gasteiger partial charge in [-0.3, -0.25) is 9.59 Å². The third-order valence-electron chi connectivity index (χ3n) is 2.53. The van der Waals surface area contributed by atoms with E-state index in [1.807, 2.05) is 0 Å². The fourth-order valence-electron chi connectivity index (χ4n) is 1.51. The van der Waals surface area contributed by atoms with E-state index in [1.54, 1.807) is 7.11 Å². The summed E-state index contributed by atoms with van der Waals surface area (Å²) in [5, 5.41) is 2.67. The lowest BCUT2D eigenvalue weighted by molar-refractivity contribution is -0.122. The SMILES string of the molecule is COCC(CNC(=O)Cn1cc(N)ccc1=O)OC. The Balaban J connectivity index is 2.51. The van der Waals surface area contributed by atoms with E-state index in [1.165, 1.54) is 30.0 Å². The predicted octanol–water partition coefficient (Wildman–Crippen LogP) is -0.792. The van der Waals surface area contributed by atoms with Crippen LogP contribution < -0.4 is 16.6 Å². The number of pyridine rings is 1. The zero-order chi connectivity index (χ0) is 14.3. The molecule has 1 aromatic heterocycles. The number of carbonyl (C=O) groups excluding carboxylic acids is 1. The van der Waals surface area contributed by atoms with Gasteiger partial charge in [0.05, 0.1) is 12.7 Å². The molecular formula is C12H19N3O4. The Labute approximate surface area is 111 Å². The zero-order valence-electron chi connectivity index (χ0n) is 11.1. The fraction of sp³-hybridized carbons (Fsp3) is 0.500. The molecule has 0 spiro atoms. The minimum Gasteiger partial charge on any atom is -0.398 e. The van der Waals surface area contributed by atoms with Crippen molar-refractivity contribution >= 4 is 11.6 Å². The Morgan fingerprint density at radius 3 is 2.84 bits per heavy atom. The number of nitrogen functional groups attached to an aromatic ring is 1. The Kier molecular flexibility index (Phi) is 6.04. The molecule has 7 heteroatoms. The van der Waals surface area contributed by atoms with Crippen LogP contribution in [0, 0.1) is 0 Å².